The van der Waals surface area contributed by atoms with Crippen LogP contribution in [0, 0.1) is 0 Å². The summed E-state index contributed by atoms with van der Waals surface area (Å²) in [6.07, 6.45) is 4.28. The molecule has 5 heteroatoms. The molecule has 0 aliphatic heterocycles. The molecular weight excluding hydrogens is 671 g/mol. The van der Waals surface area contributed by atoms with E-state index in [9.17, 15) is 0 Å². The minimum Gasteiger partial charge on any atom is -0.315 e. The first-order chi connectivity index (χ1) is 27.3. The van der Waals surface area contributed by atoms with E-state index in [0.29, 0.717) is 0 Å². The van der Waals surface area contributed by atoms with Crippen molar-refractivity contribution in [1.82, 2.24) is 22.8 Å². The van der Waals surface area contributed by atoms with Crippen molar-refractivity contribution in [3.63, 3.8) is 0 Å². The molecule has 0 spiro atoms. The third-order valence-electron chi connectivity index (χ3n) is 10.3. The molecule has 0 radical (unpaired) electrons. The minimum absolute atomic E-state index is 1.09. The molecule has 0 fully saturated rings. The van der Waals surface area contributed by atoms with E-state index in [2.05, 4.69) is 248 Å². The molecule has 0 aliphatic carbocycles. The van der Waals surface area contributed by atoms with Crippen LogP contribution in [0.3, 0.4) is 0 Å². The zero-order chi connectivity index (χ0) is 36.6. The van der Waals surface area contributed by atoms with Gasteiger partial charge in [-0.2, -0.15) is 0 Å². The lowest BCUT2D eigenvalue weighted by Gasteiger charge is -2.20. The Morgan fingerprint density at radius 1 is 0.182 bits per heavy atom. The number of para-hydroxylation sites is 5. The molecule has 5 aromatic heterocycles. The highest BCUT2D eigenvalue weighted by atomic mass is 15.1. The second-order valence-corrected chi connectivity index (χ2v) is 13.5. The fourth-order valence-corrected chi connectivity index (χ4v) is 7.88. The van der Waals surface area contributed by atoms with Gasteiger partial charge in [0.2, 0.25) is 0 Å². The summed E-state index contributed by atoms with van der Waals surface area (Å²) in [7, 11) is 0. The normalized spacial score (nSPS) is 11.3. The van der Waals surface area contributed by atoms with Gasteiger partial charge in [0.15, 0.2) is 0 Å². The third-order valence-corrected chi connectivity index (χ3v) is 10.3. The van der Waals surface area contributed by atoms with Crippen molar-refractivity contribution in [1.29, 1.82) is 0 Å². The van der Waals surface area contributed by atoms with Crippen molar-refractivity contribution in [3.05, 3.63) is 225 Å². The standard InChI is InChI=1S/C50H37N5/c1-6-18-38(19-7-1)51-36-16-28-43(51)45-30-32-47(53(45)40-22-10-3-11-23-40)49-34-35-50(55(49)42-26-14-5-15-27-42)48-33-31-46(54(48)41-24-12-4-13-25-41)44-29-17-37-52(44)39-20-8-2-9-21-39/h1-37H. The van der Waals surface area contributed by atoms with E-state index in [-0.39, 0.29) is 0 Å². The van der Waals surface area contributed by atoms with Gasteiger partial charge in [-0.1, -0.05) is 91.0 Å². The first kappa shape index (κ1) is 32.2. The van der Waals surface area contributed by atoms with Crippen LogP contribution in [0.2, 0.25) is 0 Å². The number of rotatable bonds is 9. The Kier molecular flexibility index (Phi) is 8.08. The van der Waals surface area contributed by atoms with Crippen molar-refractivity contribution in [2.45, 2.75) is 0 Å². The van der Waals surface area contributed by atoms with Crippen LogP contribution in [0.5, 0.6) is 0 Å². The van der Waals surface area contributed by atoms with Crippen LogP contribution in [0.25, 0.3) is 74.0 Å². The maximum Gasteiger partial charge on any atom is 0.0704 e. The van der Waals surface area contributed by atoms with E-state index in [1.165, 1.54) is 0 Å². The molecule has 5 aromatic carbocycles. The predicted octanol–water partition coefficient (Wildman–Crippen LogP) is 12.3. The van der Waals surface area contributed by atoms with Crippen LogP contribution in [-0.4, -0.2) is 22.8 Å². The number of nitrogens with zero attached hydrogens (tertiary/aromatic N) is 5. The zero-order valence-corrected chi connectivity index (χ0v) is 30.1. The van der Waals surface area contributed by atoms with Gasteiger partial charge in [-0.05, 0) is 121 Å². The molecule has 0 bridgehead atoms. The molecule has 0 N–H and O–H groups in total. The monoisotopic (exact) mass is 707 g/mol. The van der Waals surface area contributed by atoms with Crippen LogP contribution >= 0.6 is 0 Å². The van der Waals surface area contributed by atoms with Gasteiger partial charge in [-0.25, -0.2) is 0 Å². The van der Waals surface area contributed by atoms with Gasteiger partial charge < -0.3 is 22.8 Å². The van der Waals surface area contributed by atoms with Gasteiger partial charge in [0.05, 0.1) is 45.6 Å². The van der Waals surface area contributed by atoms with Crippen LogP contribution in [0.15, 0.2) is 225 Å². The van der Waals surface area contributed by atoms with Crippen molar-refractivity contribution < 1.29 is 0 Å². The average Bonchev–Trinajstić information content (AvgIpc) is 4.11. The highest BCUT2D eigenvalue weighted by molar-refractivity contribution is 5.79. The number of benzene rings is 5. The maximum absolute atomic E-state index is 2.41. The molecule has 0 aliphatic rings. The lowest BCUT2D eigenvalue weighted by Crippen LogP contribution is -2.07. The molecule has 5 heterocycles. The average molecular weight is 708 g/mol. The van der Waals surface area contributed by atoms with Gasteiger partial charge in [0.1, 0.15) is 0 Å². The Hall–Kier alpha value is -7.50. The topological polar surface area (TPSA) is 24.6 Å². The summed E-state index contributed by atoms with van der Waals surface area (Å²) < 4.78 is 11.7. The van der Waals surface area contributed by atoms with E-state index >= 15 is 0 Å². The highest BCUT2D eigenvalue weighted by Crippen LogP contribution is 2.40. The number of hydrogen-bond donors (Lipinski definition) is 0. The van der Waals surface area contributed by atoms with Crippen LogP contribution < -0.4 is 0 Å². The fourth-order valence-electron chi connectivity index (χ4n) is 7.88. The van der Waals surface area contributed by atoms with E-state index < -0.39 is 0 Å². The van der Waals surface area contributed by atoms with Crippen LogP contribution in [-0.2, 0) is 0 Å². The summed E-state index contributed by atoms with van der Waals surface area (Å²) >= 11 is 0. The smallest absolute Gasteiger partial charge is 0.0704 e. The molecule has 262 valence electrons. The maximum atomic E-state index is 2.41. The van der Waals surface area contributed by atoms with Crippen molar-refractivity contribution >= 4 is 0 Å². The van der Waals surface area contributed by atoms with Gasteiger partial charge in [0, 0.05) is 40.8 Å². The van der Waals surface area contributed by atoms with Crippen molar-refractivity contribution in [2.24, 2.45) is 0 Å². The number of hydrogen-bond acceptors (Lipinski definition) is 0. The predicted molar refractivity (Wildman–Crippen MR) is 225 cm³/mol. The summed E-state index contributed by atoms with van der Waals surface area (Å²) in [6.45, 7) is 0. The van der Waals surface area contributed by atoms with Crippen molar-refractivity contribution in [2.75, 3.05) is 0 Å². The number of aromatic nitrogens is 5. The molecular formula is C50H37N5. The lowest BCUT2D eigenvalue weighted by atomic mass is 10.2. The quantitative estimate of drug-likeness (QED) is 0.143. The van der Waals surface area contributed by atoms with Gasteiger partial charge in [-0.3, -0.25) is 0 Å². The third kappa shape index (κ3) is 5.66. The second kappa shape index (κ2) is 13.8. The molecule has 0 unspecified atom stereocenters. The van der Waals surface area contributed by atoms with Crippen molar-refractivity contribution in [3.8, 4) is 74.0 Å². The zero-order valence-electron chi connectivity index (χ0n) is 30.1. The Balaban J connectivity index is 1.21. The van der Waals surface area contributed by atoms with E-state index in [1.54, 1.807) is 0 Å². The molecule has 10 rings (SSSR count). The second-order valence-electron chi connectivity index (χ2n) is 13.5. The van der Waals surface area contributed by atoms with Crippen LogP contribution in [0.1, 0.15) is 0 Å². The summed E-state index contributed by atoms with van der Waals surface area (Å²) in [5, 5.41) is 0. The Labute approximate surface area is 320 Å². The molecule has 5 nitrogen and oxygen atoms in total. The Bertz CT molecular complexity index is 2660. The molecule has 0 amide bonds. The largest absolute Gasteiger partial charge is 0.315 e. The first-order valence-corrected chi connectivity index (χ1v) is 18.6. The Morgan fingerprint density at radius 3 is 0.691 bits per heavy atom. The molecule has 0 saturated heterocycles. The SMILES string of the molecule is c1ccc(-n2cccc2-c2ccc(-c3ccc(-c4ccc(-c5cccn5-c5ccccc5)n4-c4ccccc4)n3-c3ccccc3)n2-c2ccccc2)cc1. The fraction of sp³-hybridized carbons (Fsp3) is 0. The van der Waals surface area contributed by atoms with Gasteiger partial charge >= 0.3 is 0 Å². The summed E-state index contributed by atoms with van der Waals surface area (Å²) in [6, 6.07) is 75.4. The molecule has 0 saturated carbocycles. The van der Waals surface area contributed by atoms with E-state index in [1.807, 2.05) is 0 Å². The summed E-state index contributed by atoms with van der Waals surface area (Å²) in [4.78, 5) is 0. The minimum atomic E-state index is 1.09. The summed E-state index contributed by atoms with van der Waals surface area (Å²) in [5.41, 5.74) is 14.3. The highest BCUT2D eigenvalue weighted by Gasteiger charge is 2.24. The molecule has 10 aromatic rings. The van der Waals surface area contributed by atoms with E-state index in [0.717, 1.165) is 74.0 Å². The summed E-state index contributed by atoms with van der Waals surface area (Å²) in [5.74, 6) is 0. The molecule has 0 atom stereocenters. The van der Waals surface area contributed by atoms with E-state index in [4.69, 9.17) is 0 Å². The molecule has 55 heavy (non-hydrogen) atoms. The first-order valence-electron chi connectivity index (χ1n) is 18.6. The Morgan fingerprint density at radius 2 is 0.418 bits per heavy atom. The van der Waals surface area contributed by atoms with Gasteiger partial charge in [-0.15, -0.1) is 0 Å². The lowest BCUT2D eigenvalue weighted by molar-refractivity contribution is 0.995. The van der Waals surface area contributed by atoms with Crippen LogP contribution in [0.4, 0.5) is 0 Å². The van der Waals surface area contributed by atoms with Gasteiger partial charge in [0.25, 0.3) is 0 Å².